The number of nitrogens with two attached hydrogens (primary N) is 1. The highest BCUT2D eigenvalue weighted by atomic mass is 35.5. The van der Waals surface area contributed by atoms with E-state index in [1.807, 2.05) is 12.1 Å². The SMILES string of the molecule is Nc1c2c(-c3ccc(F)cc3)nc(N3CCN(c4ccc(Cl)c(Cl)c4)CC3)nc2nn1-c1cccc(F)c1. The molecule has 1 aliphatic rings. The van der Waals surface area contributed by atoms with Crippen molar-refractivity contribution in [3.05, 3.63) is 88.4 Å². The van der Waals surface area contributed by atoms with Crippen molar-refractivity contribution in [2.75, 3.05) is 41.7 Å². The van der Waals surface area contributed by atoms with Crippen molar-refractivity contribution in [1.29, 1.82) is 0 Å². The van der Waals surface area contributed by atoms with Gasteiger partial charge in [0.05, 0.1) is 26.8 Å². The normalized spacial score (nSPS) is 13.9. The van der Waals surface area contributed by atoms with Gasteiger partial charge in [0.15, 0.2) is 5.65 Å². The minimum atomic E-state index is -0.410. The largest absolute Gasteiger partial charge is 0.383 e. The van der Waals surface area contributed by atoms with Crippen molar-refractivity contribution < 1.29 is 8.78 Å². The number of nitrogens with zero attached hydrogens (tertiary/aromatic N) is 6. The van der Waals surface area contributed by atoms with Gasteiger partial charge in [-0.2, -0.15) is 4.98 Å². The van der Waals surface area contributed by atoms with Crippen LogP contribution in [-0.4, -0.2) is 45.9 Å². The maximum Gasteiger partial charge on any atom is 0.228 e. The lowest BCUT2D eigenvalue weighted by Gasteiger charge is -2.36. The number of piperazine rings is 1. The van der Waals surface area contributed by atoms with Gasteiger partial charge in [0.2, 0.25) is 5.95 Å². The first-order valence-electron chi connectivity index (χ1n) is 11.9. The molecule has 0 spiro atoms. The summed E-state index contributed by atoms with van der Waals surface area (Å²) in [5, 5.41) is 6.14. The molecule has 11 heteroatoms. The van der Waals surface area contributed by atoms with Crippen LogP contribution >= 0.6 is 23.2 Å². The van der Waals surface area contributed by atoms with Gasteiger partial charge in [0.25, 0.3) is 0 Å². The minimum Gasteiger partial charge on any atom is -0.383 e. The average Bonchev–Trinajstić information content (AvgIpc) is 3.26. The lowest BCUT2D eigenvalue weighted by Crippen LogP contribution is -2.47. The summed E-state index contributed by atoms with van der Waals surface area (Å²) in [5.74, 6) is -0.0247. The summed E-state index contributed by atoms with van der Waals surface area (Å²) in [6.07, 6.45) is 0. The van der Waals surface area contributed by atoms with Crippen LogP contribution in [0.4, 0.5) is 26.2 Å². The van der Waals surface area contributed by atoms with Crippen molar-refractivity contribution in [1.82, 2.24) is 19.7 Å². The van der Waals surface area contributed by atoms with E-state index < -0.39 is 5.82 Å². The maximum absolute atomic E-state index is 14.0. The third-order valence-electron chi connectivity index (χ3n) is 6.56. The highest BCUT2D eigenvalue weighted by molar-refractivity contribution is 6.42. The second kappa shape index (κ2) is 9.74. The van der Waals surface area contributed by atoms with Crippen molar-refractivity contribution in [2.24, 2.45) is 0 Å². The molecule has 2 aromatic heterocycles. The second-order valence-corrected chi connectivity index (χ2v) is 9.74. The van der Waals surface area contributed by atoms with E-state index >= 15 is 0 Å². The Kier molecular flexibility index (Phi) is 6.25. The standard InChI is InChI=1S/C27H21Cl2F2N7/c28-21-9-8-19(15-22(21)29)36-10-12-37(13-11-36)27-33-24(16-4-6-17(30)7-5-16)23-25(32)38(35-26(23)34-27)20-3-1-2-18(31)14-20/h1-9,14-15H,10-13,32H2. The van der Waals surface area contributed by atoms with Crippen LogP contribution in [0.15, 0.2) is 66.7 Å². The van der Waals surface area contributed by atoms with Gasteiger partial charge < -0.3 is 15.5 Å². The van der Waals surface area contributed by atoms with E-state index in [2.05, 4.69) is 14.9 Å². The van der Waals surface area contributed by atoms with E-state index in [1.165, 1.54) is 28.9 Å². The molecule has 0 saturated carbocycles. The van der Waals surface area contributed by atoms with Gasteiger partial charge in [-0.3, -0.25) is 0 Å². The minimum absolute atomic E-state index is 0.265. The van der Waals surface area contributed by atoms with Gasteiger partial charge in [0.1, 0.15) is 17.5 Å². The lowest BCUT2D eigenvalue weighted by molar-refractivity contribution is 0.625. The van der Waals surface area contributed by atoms with Crippen LogP contribution in [0.3, 0.4) is 0 Å². The Morgan fingerprint density at radius 3 is 2.18 bits per heavy atom. The van der Waals surface area contributed by atoms with E-state index in [0.717, 1.165) is 5.69 Å². The molecule has 1 fully saturated rings. The molecule has 6 rings (SSSR count). The fraction of sp³-hybridized carbons (Fsp3) is 0.148. The summed E-state index contributed by atoms with van der Waals surface area (Å²) in [7, 11) is 0. The number of fused-ring (bicyclic) bond motifs is 1. The Balaban J connectivity index is 1.39. The molecule has 3 heterocycles. The quantitative estimate of drug-likeness (QED) is 0.296. The van der Waals surface area contributed by atoms with Crippen LogP contribution in [0.25, 0.3) is 28.0 Å². The summed E-state index contributed by atoms with van der Waals surface area (Å²) in [6, 6.07) is 17.6. The third-order valence-corrected chi connectivity index (χ3v) is 7.30. The number of aromatic nitrogens is 4. The zero-order valence-corrected chi connectivity index (χ0v) is 21.5. The Morgan fingerprint density at radius 1 is 0.737 bits per heavy atom. The van der Waals surface area contributed by atoms with Crippen LogP contribution in [0.5, 0.6) is 0 Å². The van der Waals surface area contributed by atoms with E-state index in [9.17, 15) is 8.78 Å². The highest BCUT2D eigenvalue weighted by Gasteiger charge is 2.24. The number of nitrogen functional groups attached to an aromatic ring is 1. The molecule has 2 N–H and O–H groups in total. The maximum atomic E-state index is 14.0. The smallest absolute Gasteiger partial charge is 0.228 e. The molecule has 192 valence electrons. The molecule has 0 unspecified atom stereocenters. The predicted octanol–water partition coefficient (Wildman–Crippen LogP) is 5.98. The molecule has 0 aliphatic carbocycles. The van der Waals surface area contributed by atoms with Crippen molar-refractivity contribution in [3.63, 3.8) is 0 Å². The van der Waals surface area contributed by atoms with E-state index in [1.54, 1.807) is 30.3 Å². The fourth-order valence-corrected chi connectivity index (χ4v) is 4.90. The van der Waals surface area contributed by atoms with Crippen LogP contribution in [0.2, 0.25) is 10.0 Å². The third kappa shape index (κ3) is 4.48. The molecule has 1 aliphatic heterocycles. The van der Waals surface area contributed by atoms with Gasteiger partial charge in [-0.15, -0.1) is 5.10 Å². The number of hydrogen-bond acceptors (Lipinski definition) is 6. The molecule has 1 saturated heterocycles. The summed E-state index contributed by atoms with van der Waals surface area (Å²) >= 11 is 12.3. The Hall–Kier alpha value is -3.95. The van der Waals surface area contributed by atoms with E-state index in [0.29, 0.717) is 70.2 Å². The first-order chi connectivity index (χ1) is 18.4. The molecule has 0 amide bonds. The highest BCUT2D eigenvalue weighted by Crippen LogP contribution is 2.34. The Bertz CT molecular complexity index is 1650. The van der Waals surface area contributed by atoms with E-state index in [4.69, 9.17) is 38.9 Å². The van der Waals surface area contributed by atoms with Crippen molar-refractivity contribution in [3.8, 4) is 16.9 Å². The monoisotopic (exact) mass is 551 g/mol. The summed E-state index contributed by atoms with van der Waals surface area (Å²) in [5.41, 5.74) is 9.51. The molecule has 0 atom stereocenters. The lowest BCUT2D eigenvalue weighted by atomic mass is 10.1. The summed E-state index contributed by atoms with van der Waals surface area (Å²) in [4.78, 5) is 13.9. The van der Waals surface area contributed by atoms with Gasteiger partial charge in [-0.1, -0.05) is 29.3 Å². The van der Waals surface area contributed by atoms with Crippen LogP contribution < -0.4 is 15.5 Å². The topological polar surface area (TPSA) is 76.1 Å². The number of halogens is 4. The molecule has 0 radical (unpaired) electrons. The van der Waals surface area contributed by atoms with Gasteiger partial charge >= 0.3 is 0 Å². The summed E-state index contributed by atoms with van der Waals surface area (Å²) in [6.45, 7) is 2.72. The van der Waals surface area contributed by atoms with Gasteiger partial charge in [0, 0.05) is 37.4 Å². The molecular weight excluding hydrogens is 531 g/mol. The zero-order valence-electron chi connectivity index (χ0n) is 20.0. The van der Waals surface area contributed by atoms with Crippen LogP contribution in [0, 0.1) is 11.6 Å². The number of hydrogen-bond donors (Lipinski definition) is 1. The van der Waals surface area contributed by atoms with Crippen LogP contribution in [0.1, 0.15) is 0 Å². The molecule has 5 aromatic rings. The van der Waals surface area contributed by atoms with E-state index in [-0.39, 0.29) is 11.6 Å². The second-order valence-electron chi connectivity index (χ2n) is 8.93. The Morgan fingerprint density at radius 2 is 1.47 bits per heavy atom. The van der Waals surface area contributed by atoms with Gasteiger partial charge in [-0.05, 0) is 60.7 Å². The number of anilines is 3. The Labute approximate surface area is 227 Å². The molecule has 38 heavy (non-hydrogen) atoms. The molecule has 0 bridgehead atoms. The molecule has 3 aromatic carbocycles. The first kappa shape index (κ1) is 24.4. The van der Waals surface area contributed by atoms with Crippen LogP contribution in [-0.2, 0) is 0 Å². The molecule has 7 nitrogen and oxygen atoms in total. The van der Waals surface area contributed by atoms with Crippen molar-refractivity contribution in [2.45, 2.75) is 0 Å². The number of rotatable bonds is 4. The number of benzene rings is 3. The zero-order chi connectivity index (χ0) is 26.4. The first-order valence-corrected chi connectivity index (χ1v) is 12.7. The summed E-state index contributed by atoms with van der Waals surface area (Å²) < 4.78 is 29.1. The fourth-order valence-electron chi connectivity index (χ4n) is 4.61. The average molecular weight is 552 g/mol. The van der Waals surface area contributed by atoms with Crippen molar-refractivity contribution >= 4 is 51.7 Å². The predicted molar refractivity (Wildman–Crippen MR) is 147 cm³/mol. The van der Waals surface area contributed by atoms with Gasteiger partial charge in [-0.25, -0.2) is 18.4 Å². The molecular formula is C27H21Cl2F2N7.